The molecule has 1 nitrogen and oxygen atoms in total. The summed E-state index contributed by atoms with van der Waals surface area (Å²) in [5.74, 6) is 0. The normalized spacial score (nSPS) is 22.2. The summed E-state index contributed by atoms with van der Waals surface area (Å²) in [5, 5.41) is 1.69. The molecule has 0 aliphatic carbocycles. The van der Waals surface area contributed by atoms with Crippen LogP contribution >= 0.6 is 0 Å². The van der Waals surface area contributed by atoms with Gasteiger partial charge in [0.25, 0.3) is 0 Å². The fourth-order valence-electron chi connectivity index (χ4n) is 2.15. The predicted octanol–water partition coefficient (Wildman–Crippen LogP) is 2.61. The van der Waals surface area contributed by atoms with E-state index in [-0.39, 0.29) is 0 Å². The highest BCUT2D eigenvalue weighted by Crippen LogP contribution is 2.27. The van der Waals surface area contributed by atoms with E-state index in [0.29, 0.717) is 6.85 Å². The Balaban J connectivity index is 2.93. The molecule has 0 aromatic carbocycles. The van der Waals surface area contributed by atoms with Crippen LogP contribution in [-0.4, -0.2) is 15.1 Å². The first-order valence-corrected chi connectivity index (χ1v) is 8.00. The summed E-state index contributed by atoms with van der Waals surface area (Å²) >= 11 is 0. The second kappa shape index (κ2) is 3.38. The molecule has 0 aromatic heterocycles. The van der Waals surface area contributed by atoms with E-state index in [0.717, 1.165) is 0 Å². The number of hydrogen-bond acceptors (Lipinski definition) is 1. The minimum absolute atomic E-state index is 0.691. The molecule has 1 heterocycles. The molecule has 1 N–H and O–H groups in total. The summed E-state index contributed by atoms with van der Waals surface area (Å²) in [5.41, 5.74) is 1.69. The molecule has 1 rings (SSSR count). The first-order valence-electron chi connectivity index (χ1n) is 5.00. The molecule has 0 amide bonds. The van der Waals surface area contributed by atoms with Crippen molar-refractivity contribution in [2.75, 3.05) is 0 Å². The molecule has 0 saturated heterocycles. The molecular formula is C9H20BNSi. The van der Waals surface area contributed by atoms with Crippen LogP contribution in [-0.2, 0) is 0 Å². The third-order valence-electron chi connectivity index (χ3n) is 3.16. The highest BCUT2D eigenvalue weighted by Gasteiger charge is 2.37. The average molecular weight is 181 g/mol. The van der Waals surface area contributed by atoms with Gasteiger partial charge in [0.05, 0.1) is 0 Å². The van der Waals surface area contributed by atoms with Crippen molar-refractivity contribution in [1.82, 2.24) is 4.89 Å². The molecular weight excluding hydrogens is 161 g/mol. The second-order valence-corrected chi connectivity index (χ2v) is 8.52. The lowest BCUT2D eigenvalue weighted by molar-refractivity contribution is 1.15. The maximum atomic E-state index is 3.80. The zero-order valence-electron chi connectivity index (χ0n) is 8.99. The number of nitrogens with one attached hydrogen (secondary N) is 1. The summed E-state index contributed by atoms with van der Waals surface area (Å²) < 4.78 is 0. The van der Waals surface area contributed by atoms with Crippen molar-refractivity contribution < 1.29 is 0 Å². The van der Waals surface area contributed by atoms with Crippen molar-refractivity contribution in [1.29, 1.82) is 0 Å². The van der Waals surface area contributed by atoms with E-state index in [9.17, 15) is 0 Å². The molecule has 0 atom stereocenters. The van der Waals surface area contributed by atoms with Crippen LogP contribution in [0, 0.1) is 0 Å². The molecule has 1 aliphatic rings. The molecule has 12 heavy (non-hydrogen) atoms. The summed E-state index contributed by atoms with van der Waals surface area (Å²) in [6.07, 6.45) is 2.48. The molecule has 0 radical (unpaired) electrons. The molecule has 0 fully saturated rings. The van der Waals surface area contributed by atoms with Gasteiger partial charge in [-0.05, 0) is 13.3 Å². The maximum absolute atomic E-state index is 3.80. The van der Waals surface area contributed by atoms with Gasteiger partial charge in [0.15, 0.2) is 0 Å². The Morgan fingerprint density at radius 3 is 2.25 bits per heavy atom. The summed E-state index contributed by atoms with van der Waals surface area (Å²) in [4.78, 5) is 3.80. The van der Waals surface area contributed by atoms with E-state index in [1.807, 2.05) is 0 Å². The van der Waals surface area contributed by atoms with Crippen molar-refractivity contribution >= 4 is 15.1 Å². The Morgan fingerprint density at radius 2 is 1.92 bits per heavy atom. The van der Waals surface area contributed by atoms with Crippen LogP contribution in [0.5, 0.6) is 0 Å². The zero-order chi connectivity index (χ0) is 9.35. The van der Waals surface area contributed by atoms with E-state index >= 15 is 0 Å². The Kier molecular flexibility index (Phi) is 2.84. The molecule has 0 spiro atoms. The van der Waals surface area contributed by atoms with Crippen LogP contribution in [0.2, 0.25) is 19.4 Å². The highest BCUT2D eigenvalue weighted by atomic mass is 28.3. The minimum Gasteiger partial charge on any atom is -0.372 e. The number of allylic oxidation sites excluding steroid dienone is 2. The van der Waals surface area contributed by atoms with E-state index in [4.69, 9.17) is 0 Å². The van der Waals surface area contributed by atoms with Crippen molar-refractivity contribution in [2.24, 2.45) is 0 Å². The van der Waals surface area contributed by atoms with Crippen molar-refractivity contribution in [2.45, 2.75) is 46.6 Å². The van der Waals surface area contributed by atoms with Gasteiger partial charge in [-0.3, -0.25) is 0 Å². The van der Waals surface area contributed by atoms with Gasteiger partial charge in [-0.25, -0.2) is 0 Å². The lowest BCUT2D eigenvalue weighted by atomic mass is 9.54. The maximum Gasteiger partial charge on any atom is 0.243 e. The van der Waals surface area contributed by atoms with Gasteiger partial charge in [-0.2, -0.15) is 0 Å². The largest absolute Gasteiger partial charge is 0.372 e. The molecule has 0 bridgehead atoms. The Hall–Kier alpha value is -0.0182. The molecule has 0 aromatic rings. The van der Waals surface area contributed by atoms with E-state index in [1.54, 1.807) is 10.7 Å². The van der Waals surface area contributed by atoms with Gasteiger partial charge in [-0.15, -0.1) is 0 Å². The fraction of sp³-hybridized carbons (Fsp3) is 0.778. The molecule has 3 heteroatoms. The fourth-order valence-corrected chi connectivity index (χ4v) is 4.77. The highest BCUT2D eigenvalue weighted by molar-refractivity contribution is 6.96. The van der Waals surface area contributed by atoms with Crippen LogP contribution in [0.3, 0.4) is 0 Å². The topological polar surface area (TPSA) is 12.0 Å². The monoisotopic (exact) mass is 181 g/mol. The van der Waals surface area contributed by atoms with E-state index in [2.05, 4.69) is 38.8 Å². The molecule has 0 saturated carbocycles. The summed E-state index contributed by atoms with van der Waals surface area (Å²) in [6.45, 7) is 12.4. The van der Waals surface area contributed by atoms with Gasteiger partial charge in [0.1, 0.15) is 8.24 Å². The predicted molar refractivity (Wildman–Crippen MR) is 59.8 cm³/mol. The Labute approximate surface area is 77.8 Å². The molecule has 1 aliphatic heterocycles. The van der Waals surface area contributed by atoms with Crippen LogP contribution in [0.4, 0.5) is 0 Å². The SMILES string of the molecule is CCB1N[Si](C)(C)C(C)=C1CC. The Bertz CT molecular complexity index is 211. The third kappa shape index (κ3) is 1.52. The third-order valence-corrected chi connectivity index (χ3v) is 6.43. The molecule has 0 unspecified atom stereocenters. The van der Waals surface area contributed by atoms with E-state index in [1.165, 1.54) is 12.7 Å². The van der Waals surface area contributed by atoms with Gasteiger partial charge >= 0.3 is 0 Å². The number of rotatable bonds is 2. The standard InChI is InChI=1S/C9H20BNSi/c1-6-9-8(3)12(4,5)11-10(9)7-2/h11H,6-7H2,1-5H3. The van der Waals surface area contributed by atoms with Gasteiger partial charge in [0, 0.05) is 0 Å². The van der Waals surface area contributed by atoms with Crippen molar-refractivity contribution in [3.8, 4) is 0 Å². The summed E-state index contributed by atoms with van der Waals surface area (Å²) in [7, 11) is -1.18. The minimum atomic E-state index is -1.18. The first kappa shape index (κ1) is 10.1. The summed E-state index contributed by atoms with van der Waals surface area (Å²) in [6, 6.07) is 0. The zero-order valence-corrected chi connectivity index (χ0v) is 9.99. The molecule has 68 valence electrons. The average Bonchev–Trinajstić information content (AvgIpc) is 2.24. The number of hydrogen-bond donors (Lipinski definition) is 1. The second-order valence-electron chi connectivity index (χ2n) is 4.23. The Morgan fingerprint density at radius 1 is 1.33 bits per heavy atom. The lowest BCUT2D eigenvalue weighted by Crippen LogP contribution is -2.47. The van der Waals surface area contributed by atoms with Crippen LogP contribution < -0.4 is 4.89 Å². The lowest BCUT2D eigenvalue weighted by Gasteiger charge is -2.19. The first-order chi connectivity index (χ1) is 5.53. The van der Waals surface area contributed by atoms with Gasteiger partial charge in [0.2, 0.25) is 6.85 Å². The quantitative estimate of drug-likeness (QED) is 0.645. The van der Waals surface area contributed by atoms with Gasteiger partial charge < -0.3 is 4.89 Å². The van der Waals surface area contributed by atoms with Gasteiger partial charge in [-0.1, -0.05) is 43.9 Å². The van der Waals surface area contributed by atoms with Crippen molar-refractivity contribution in [3.63, 3.8) is 0 Å². The van der Waals surface area contributed by atoms with Crippen molar-refractivity contribution in [3.05, 3.63) is 10.7 Å². The van der Waals surface area contributed by atoms with E-state index < -0.39 is 8.24 Å². The smallest absolute Gasteiger partial charge is 0.243 e. The van der Waals surface area contributed by atoms with Crippen LogP contribution in [0.15, 0.2) is 10.7 Å². The van der Waals surface area contributed by atoms with Crippen LogP contribution in [0.1, 0.15) is 27.2 Å². The van der Waals surface area contributed by atoms with Crippen LogP contribution in [0.25, 0.3) is 0 Å².